The third kappa shape index (κ3) is 3.73. The lowest BCUT2D eigenvalue weighted by atomic mass is 9.93. The van der Waals surface area contributed by atoms with Crippen molar-refractivity contribution in [1.29, 1.82) is 0 Å². The van der Waals surface area contributed by atoms with E-state index in [0.717, 1.165) is 22.6 Å². The number of amides is 1. The van der Waals surface area contributed by atoms with Crippen LogP contribution < -0.4 is 10.2 Å². The Balaban J connectivity index is 2.27. The van der Waals surface area contributed by atoms with Crippen LogP contribution in [0.15, 0.2) is 34.9 Å². The van der Waals surface area contributed by atoms with Crippen LogP contribution in [0, 0.1) is 18.3 Å². The average Bonchev–Trinajstić information content (AvgIpc) is 2.46. The lowest BCUT2D eigenvalue weighted by Gasteiger charge is -2.19. The first-order chi connectivity index (χ1) is 10.1. The highest BCUT2D eigenvalue weighted by atomic mass is 16.5. The van der Waals surface area contributed by atoms with Crippen molar-refractivity contribution in [1.82, 2.24) is 5.43 Å². The Labute approximate surface area is 124 Å². The lowest BCUT2D eigenvalue weighted by molar-refractivity contribution is -0.121. The van der Waals surface area contributed by atoms with E-state index in [2.05, 4.69) is 16.4 Å². The molecule has 1 amide bonds. The molecular weight excluding hydrogens is 264 g/mol. The Bertz CT molecular complexity index is 638. The molecule has 0 fully saturated rings. The first-order valence-electron chi connectivity index (χ1n) is 6.82. The summed E-state index contributed by atoms with van der Waals surface area (Å²) >= 11 is 0. The number of nitrogens with one attached hydrogen (secondary N) is 1. The molecule has 2 rings (SSSR count). The third-order valence-electron chi connectivity index (χ3n) is 3.27. The predicted molar refractivity (Wildman–Crippen MR) is 83.8 cm³/mol. The fourth-order valence-corrected chi connectivity index (χ4v) is 2.29. The van der Waals surface area contributed by atoms with E-state index in [4.69, 9.17) is 11.2 Å². The summed E-state index contributed by atoms with van der Waals surface area (Å²) < 4.78 is 5.53. The highest BCUT2D eigenvalue weighted by molar-refractivity contribution is 6.07. The molecule has 108 valence electrons. The zero-order chi connectivity index (χ0) is 15.2. The molecule has 4 heteroatoms. The monoisotopic (exact) mass is 282 g/mol. The number of ether oxygens (including phenoxy) is 1. The van der Waals surface area contributed by atoms with E-state index >= 15 is 0 Å². The maximum atomic E-state index is 11.3. The van der Waals surface area contributed by atoms with Gasteiger partial charge in [-0.1, -0.05) is 31.0 Å². The van der Waals surface area contributed by atoms with Gasteiger partial charge in [-0.2, -0.15) is 5.10 Å². The largest absolute Gasteiger partial charge is 0.480 e. The van der Waals surface area contributed by atoms with Crippen LogP contribution in [0.5, 0.6) is 5.75 Å². The lowest BCUT2D eigenvalue weighted by Crippen LogP contribution is -2.31. The third-order valence-corrected chi connectivity index (χ3v) is 3.27. The standard InChI is InChI=1S/C17H18N2O2/c1-4-9-21-15-8-6-5-7-14(15)10-12(2)17-13(3)11-16(20)18-19-17/h1,5-8,10,13H,9,11H2,2-3H3,(H,18,20). The summed E-state index contributed by atoms with van der Waals surface area (Å²) in [6.45, 7) is 4.21. The van der Waals surface area contributed by atoms with Crippen molar-refractivity contribution in [2.75, 3.05) is 6.61 Å². The Morgan fingerprint density at radius 2 is 2.33 bits per heavy atom. The van der Waals surface area contributed by atoms with Crippen molar-refractivity contribution < 1.29 is 9.53 Å². The minimum atomic E-state index is -0.0446. The first kappa shape index (κ1) is 14.9. The van der Waals surface area contributed by atoms with E-state index in [9.17, 15) is 4.79 Å². The van der Waals surface area contributed by atoms with Crippen LogP contribution in [0.2, 0.25) is 0 Å². The van der Waals surface area contributed by atoms with Gasteiger partial charge in [0.15, 0.2) is 0 Å². The molecular formula is C17H18N2O2. The summed E-state index contributed by atoms with van der Waals surface area (Å²) in [5, 5.41) is 4.16. The Morgan fingerprint density at radius 1 is 1.57 bits per heavy atom. The number of nitrogens with zero attached hydrogens (tertiary/aromatic N) is 1. The van der Waals surface area contributed by atoms with Crippen molar-refractivity contribution >= 4 is 17.7 Å². The van der Waals surface area contributed by atoms with Crippen LogP contribution >= 0.6 is 0 Å². The molecule has 0 saturated heterocycles. The van der Waals surface area contributed by atoms with Crippen LogP contribution in [0.4, 0.5) is 0 Å². The van der Waals surface area contributed by atoms with Gasteiger partial charge in [-0.05, 0) is 24.6 Å². The highest BCUT2D eigenvalue weighted by Crippen LogP contribution is 2.23. The number of rotatable bonds is 4. The maximum Gasteiger partial charge on any atom is 0.240 e. The molecule has 21 heavy (non-hydrogen) atoms. The molecule has 0 saturated carbocycles. The van der Waals surface area contributed by atoms with Gasteiger partial charge < -0.3 is 4.74 Å². The number of hydrogen-bond acceptors (Lipinski definition) is 3. The Hall–Kier alpha value is -2.54. The number of carbonyl (C=O) groups is 1. The first-order valence-corrected chi connectivity index (χ1v) is 6.82. The molecule has 1 aliphatic rings. The predicted octanol–water partition coefficient (Wildman–Crippen LogP) is 2.61. The van der Waals surface area contributed by atoms with Gasteiger partial charge >= 0.3 is 0 Å². The summed E-state index contributed by atoms with van der Waals surface area (Å²) in [6, 6.07) is 7.68. The molecule has 0 aromatic heterocycles. The topological polar surface area (TPSA) is 50.7 Å². The summed E-state index contributed by atoms with van der Waals surface area (Å²) in [7, 11) is 0. The van der Waals surface area contributed by atoms with Crippen molar-refractivity contribution in [2.24, 2.45) is 11.0 Å². The fraction of sp³-hybridized carbons (Fsp3) is 0.294. The summed E-state index contributed by atoms with van der Waals surface area (Å²) in [6.07, 6.45) is 7.68. The molecule has 0 radical (unpaired) electrons. The molecule has 1 aliphatic heterocycles. The molecule has 4 nitrogen and oxygen atoms in total. The molecule has 1 unspecified atom stereocenters. The van der Waals surface area contributed by atoms with E-state index in [0.29, 0.717) is 6.42 Å². The number of carbonyl (C=O) groups excluding carboxylic acids is 1. The summed E-state index contributed by atoms with van der Waals surface area (Å²) in [5.74, 6) is 3.26. The number of benzene rings is 1. The van der Waals surface area contributed by atoms with E-state index in [1.54, 1.807) is 0 Å². The van der Waals surface area contributed by atoms with Gasteiger partial charge in [0.1, 0.15) is 12.4 Å². The number of terminal acetylenes is 1. The quantitative estimate of drug-likeness (QED) is 0.863. The van der Waals surface area contributed by atoms with Crippen LogP contribution in [0.1, 0.15) is 25.8 Å². The second-order valence-corrected chi connectivity index (χ2v) is 5.00. The van der Waals surface area contributed by atoms with Crippen LogP contribution in [-0.2, 0) is 4.79 Å². The van der Waals surface area contributed by atoms with E-state index in [1.165, 1.54) is 0 Å². The van der Waals surface area contributed by atoms with Crippen molar-refractivity contribution in [3.8, 4) is 18.1 Å². The molecule has 0 aliphatic carbocycles. The van der Waals surface area contributed by atoms with Gasteiger partial charge in [0, 0.05) is 17.9 Å². The number of para-hydroxylation sites is 1. The van der Waals surface area contributed by atoms with E-state index in [-0.39, 0.29) is 18.4 Å². The maximum absolute atomic E-state index is 11.3. The molecule has 1 aromatic rings. The SMILES string of the molecule is C#CCOc1ccccc1C=C(C)C1=NNC(=O)CC1C. The van der Waals surface area contributed by atoms with Crippen molar-refractivity contribution in [3.63, 3.8) is 0 Å². The normalized spacial score (nSPS) is 18.5. The van der Waals surface area contributed by atoms with Gasteiger partial charge in [0.25, 0.3) is 0 Å². The van der Waals surface area contributed by atoms with Gasteiger partial charge in [-0.3, -0.25) is 4.79 Å². The summed E-state index contributed by atoms with van der Waals surface area (Å²) in [4.78, 5) is 11.3. The van der Waals surface area contributed by atoms with Gasteiger partial charge in [-0.25, -0.2) is 5.43 Å². The number of hydrazone groups is 1. The average molecular weight is 282 g/mol. The molecule has 1 heterocycles. The molecule has 0 spiro atoms. The van der Waals surface area contributed by atoms with Crippen molar-refractivity contribution in [2.45, 2.75) is 20.3 Å². The van der Waals surface area contributed by atoms with Crippen LogP contribution in [0.25, 0.3) is 6.08 Å². The van der Waals surface area contributed by atoms with Crippen LogP contribution in [-0.4, -0.2) is 18.2 Å². The molecule has 1 aromatic carbocycles. The molecule has 1 N–H and O–H groups in total. The summed E-state index contributed by atoms with van der Waals surface area (Å²) in [5.41, 5.74) is 5.36. The van der Waals surface area contributed by atoms with Crippen LogP contribution in [0.3, 0.4) is 0 Å². The minimum absolute atomic E-state index is 0.0446. The van der Waals surface area contributed by atoms with Gasteiger partial charge in [0.05, 0.1) is 5.71 Å². The van der Waals surface area contributed by atoms with E-state index in [1.807, 2.05) is 44.2 Å². The number of hydrogen-bond donors (Lipinski definition) is 1. The minimum Gasteiger partial charge on any atom is -0.480 e. The zero-order valence-corrected chi connectivity index (χ0v) is 12.2. The Morgan fingerprint density at radius 3 is 3.05 bits per heavy atom. The van der Waals surface area contributed by atoms with Gasteiger partial charge in [0.2, 0.25) is 5.91 Å². The second-order valence-electron chi connectivity index (χ2n) is 5.00. The smallest absolute Gasteiger partial charge is 0.240 e. The highest BCUT2D eigenvalue weighted by Gasteiger charge is 2.21. The number of allylic oxidation sites excluding steroid dienone is 1. The Kier molecular flexibility index (Phi) is 4.78. The fourth-order valence-electron chi connectivity index (χ4n) is 2.29. The molecule has 1 atom stereocenters. The second kappa shape index (κ2) is 6.76. The molecule has 0 bridgehead atoms. The van der Waals surface area contributed by atoms with Crippen molar-refractivity contribution in [3.05, 3.63) is 35.4 Å². The van der Waals surface area contributed by atoms with E-state index < -0.39 is 0 Å². The van der Waals surface area contributed by atoms with Gasteiger partial charge in [-0.15, -0.1) is 6.42 Å². The zero-order valence-electron chi connectivity index (χ0n) is 12.2.